The lowest BCUT2D eigenvalue weighted by Crippen LogP contribution is -2.07. The van der Waals surface area contributed by atoms with Crippen molar-refractivity contribution in [2.45, 2.75) is 12.3 Å². The molecule has 3 aromatic rings. The molecule has 0 aliphatic carbocycles. The Labute approximate surface area is 116 Å². The Hall–Kier alpha value is -2.62. The van der Waals surface area contributed by atoms with Gasteiger partial charge in [0, 0.05) is 35.4 Å². The van der Waals surface area contributed by atoms with Crippen molar-refractivity contribution in [2.24, 2.45) is 0 Å². The minimum absolute atomic E-state index is 0.0614. The number of aromatic amines is 1. The van der Waals surface area contributed by atoms with E-state index in [1.807, 2.05) is 42.6 Å². The predicted octanol–water partition coefficient (Wildman–Crippen LogP) is 3.17. The summed E-state index contributed by atoms with van der Waals surface area (Å²) in [6, 6.07) is 11.7. The first-order valence-electron chi connectivity index (χ1n) is 6.43. The zero-order valence-corrected chi connectivity index (χ0v) is 10.8. The maximum atomic E-state index is 11.2. The Kier molecular flexibility index (Phi) is 3.21. The average Bonchev–Trinajstić information content (AvgIpc) is 2.89. The van der Waals surface area contributed by atoms with E-state index in [4.69, 9.17) is 0 Å². The van der Waals surface area contributed by atoms with E-state index in [0.717, 1.165) is 22.0 Å². The molecule has 0 fully saturated rings. The van der Waals surface area contributed by atoms with Crippen molar-refractivity contribution in [3.63, 3.8) is 0 Å². The highest BCUT2D eigenvalue weighted by atomic mass is 16.4. The number of benzene rings is 1. The van der Waals surface area contributed by atoms with Gasteiger partial charge in [-0.15, -0.1) is 0 Å². The van der Waals surface area contributed by atoms with E-state index in [1.165, 1.54) is 0 Å². The van der Waals surface area contributed by atoms with Crippen molar-refractivity contribution in [1.82, 2.24) is 9.97 Å². The number of para-hydroxylation sites is 1. The molecule has 100 valence electrons. The first-order valence-corrected chi connectivity index (χ1v) is 6.43. The second-order valence-corrected chi connectivity index (χ2v) is 4.72. The summed E-state index contributed by atoms with van der Waals surface area (Å²) >= 11 is 0. The Morgan fingerprint density at radius 3 is 2.70 bits per heavy atom. The molecule has 0 amide bonds. The second-order valence-electron chi connectivity index (χ2n) is 4.72. The maximum absolute atomic E-state index is 11.2. The Morgan fingerprint density at radius 2 is 1.95 bits per heavy atom. The quantitative estimate of drug-likeness (QED) is 0.762. The molecule has 0 aliphatic heterocycles. The highest BCUT2D eigenvalue weighted by Gasteiger charge is 2.20. The molecule has 0 saturated carbocycles. The third kappa shape index (κ3) is 2.28. The summed E-state index contributed by atoms with van der Waals surface area (Å²) < 4.78 is 0. The van der Waals surface area contributed by atoms with Gasteiger partial charge in [0.2, 0.25) is 0 Å². The summed E-state index contributed by atoms with van der Waals surface area (Å²) in [6.07, 6.45) is 5.35. The molecular formula is C16H14N2O2. The van der Waals surface area contributed by atoms with Crippen LogP contribution in [-0.4, -0.2) is 21.0 Å². The van der Waals surface area contributed by atoms with Crippen LogP contribution in [0.4, 0.5) is 0 Å². The lowest BCUT2D eigenvalue weighted by molar-refractivity contribution is -0.137. The van der Waals surface area contributed by atoms with E-state index in [9.17, 15) is 9.90 Å². The van der Waals surface area contributed by atoms with Crippen LogP contribution in [0.1, 0.15) is 23.5 Å². The number of nitrogens with zero attached hydrogens (tertiary/aromatic N) is 1. The topological polar surface area (TPSA) is 66.0 Å². The van der Waals surface area contributed by atoms with Gasteiger partial charge in [-0.2, -0.15) is 0 Å². The molecule has 2 heterocycles. The van der Waals surface area contributed by atoms with Crippen molar-refractivity contribution in [3.8, 4) is 0 Å². The van der Waals surface area contributed by atoms with Crippen molar-refractivity contribution >= 4 is 16.9 Å². The van der Waals surface area contributed by atoms with E-state index in [0.29, 0.717) is 0 Å². The van der Waals surface area contributed by atoms with Crippen LogP contribution >= 0.6 is 0 Å². The smallest absolute Gasteiger partial charge is 0.304 e. The van der Waals surface area contributed by atoms with Crippen LogP contribution in [0.25, 0.3) is 10.9 Å². The van der Waals surface area contributed by atoms with E-state index in [1.54, 1.807) is 12.4 Å². The number of aliphatic carboxylic acids is 1. The van der Waals surface area contributed by atoms with Crippen molar-refractivity contribution in [3.05, 3.63) is 66.1 Å². The van der Waals surface area contributed by atoms with E-state index < -0.39 is 5.97 Å². The number of hydrogen-bond donors (Lipinski definition) is 2. The van der Waals surface area contributed by atoms with Crippen molar-refractivity contribution < 1.29 is 9.90 Å². The zero-order chi connectivity index (χ0) is 13.9. The highest BCUT2D eigenvalue weighted by molar-refractivity contribution is 5.85. The first kappa shape index (κ1) is 12.4. The largest absolute Gasteiger partial charge is 0.481 e. The van der Waals surface area contributed by atoms with E-state index in [-0.39, 0.29) is 12.3 Å². The molecule has 0 radical (unpaired) electrons. The van der Waals surface area contributed by atoms with Crippen molar-refractivity contribution in [2.75, 3.05) is 0 Å². The zero-order valence-electron chi connectivity index (χ0n) is 10.8. The van der Waals surface area contributed by atoms with Crippen LogP contribution in [0.2, 0.25) is 0 Å². The molecule has 0 spiro atoms. The summed E-state index contributed by atoms with van der Waals surface area (Å²) in [5.74, 6) is -0.983. The normalized spacial score (nSPS) is 12.4. The van der Waals surface area contributed by atoms with Crippen LogP contribution in [0.3, 0.4) is 0 Å². The highest BCUT2D eigenvalue weighted by Crippen LogP contribution is 2.32. The van der Waals surface area contributed by atoms with Crippen LogP contribution in [0.5, 0.6) is 0 Å². The first-order chi connectivity index (χ1) is 9.75. The molecule has 20 heavy (non-hydrogen) atoms. The van der Waals surface area contributed by atoms with Gasteiger partial charge in [0.05, 0.1) is 6.42 Å². The number of H-pyrrole nitrogens is 1. The fourth-order valence-corrected chi connectivity index (χ4v) is 2.56. The number of nitrogens with one attached hydrogen (secondary N) is 1. The molecule has 0 saturated heterocycles. The molecule has 0 bridgehead atoms. The monoisotopic (exact) mass is 266 g/mol. The number of pyridine rings is 1. The van der Waals surface area contributed by atoms with Crippen LogP contribution < -0.4 is 0 Å². The average molecular weight is 266 g/mol. The SMILES string of the molecule is O=C(O)C[C@H](c1ccncc1)c1c[nH]c2ccccc12. The van der Waals surface area contributed by atoms with Crippen LogP contribution in [0, 0.1) is 0 Å². The standard InChI is InChI=1S/C16H14N2O2/c19-16(20)9-13(11-5-7-17-8-6-11)14-10-18-15-4-2-1-3-12(14)15/h1-8,10,13,18H,9H2,(H,19,20)/t13-/m1/s1. The molecule has 2 N–H and O–H groups in total. The molecular weight excluding hydrogens is 252 g/mol. The third-order valence-electron chi connectivity index (χ3n) is 3.48. The number of rotatable bonds is 4. The van der Waals surface area contributed by atoms with Gasteiger partial charge in [-0.25, -0.2) is 0 Å². The molecule has 0 aliphatic rings. The number of aromatic nitrogens is 2. The van der Waals surface area contributed by atoms with Crippen LogP contribution in [0.15, 0.2) is 55.0 Å². The van der Waals surface area contributed by atoms with Gasteiger partial charge in [0.25, 0.3) is 0 Å². The molecule has 2 aromatic heterocycles. The third-order valence-corrected chi connectivity index (χ3v) is 3.48. The predicted molar refractivity (Wildman–Crippen MR) is 76.6 cm³/mol. The molecule has 4 heteroatoms. The summed E-state index contributed by atoms with van der Waals surface area (Å²) in [5.41, 5.74) is 2.99. The van der Waals surface area contributed by atoms with Gasteiger partial charge >= 0.3 is 5.97 Å². The molecule has 1 atom stereocenters. The van der Waals surface area contributed by atoms with Gasteiger partial charge in [0.15, 0.2) is 0 Å². The van der Waals surface area contributed by atoms with Crippen molar-refractivity contribution in [1.29, 1.82) is 0 Å². The number of carbonyl (C=O) groups is 1. The minimum Gasteiger partial charge on any atom is -0.481 e. The van der Waals surface area contributed by atoms with Gasteiger partial charge < -0.3 is 10.1 Å². The number of carboxylic acid groups (broad SMARTS) is 1. The summed E-state index contributed by atoms with van der Waals surface area (Å²) in [7, 11) is 0. The lowest BCUT2D eigenvalue weighted by Gasteiger charge is -2.14. The molecule has 0 unspecified atom stereocenters. The molecule has 3 rings (SSSR count). The fraction of sp³-hybridized carbons (Fsp3) is 0.125. The van der Waals surface area contributed by atoms with E-state index in [2.05, 4.69) is 9.97 Å². The number of fused-ring (bicyclic) bond motifs is 1. The molecule has 4 nitrogen and oxygen atoms in total. The Bertz CT molecular complexity index is 734. The Balaban J connectivity index is 2.12. The second kappa shape index (κ2) is 5.17. The van der Waals surface area contributed by atoms with E-state index >= 15 is 0 Å². The van der Waals surface area contributed by atoms with Gasteiger partial charge in [-0.05, 0) is 29.3 Å². The fourth-order valence-electron chi connectivity index (χ4n) is 2.56. The number of carboxylic acids is 1. The summed E-state index contributed by atoms with van der Waals surface area (Å²) in [5, 5.41) is 10.3. The summed E-state index contributed by atoms with van der Waals surface area (Å²) in [6.45, 7) is 0. The minimum atomic E-state index is -0.808. The molecule has 1 aromatic carbocycles. The van der Waals surface area contributed by atoms with Gasteiger partial charge in [-0.1, -0.05) is 18.2 Å². The summed E-state index contributed by atoms with van der Waals surface area (Å²) in [4.78, 5) is 18.4. The number of hydrogen-bond acceptors (Lipinski definition) is 2. The maximum Gasteiger partial charge on any atom is 0.304 e. The lowest BCUT2D eigenvalue weighted by atomic mass is 9.89. The van der Waals surface area contributed by atoms with Gasteiger partial charge in [-0.3, -0.25) is 9.78 Å². The van der Waals surface area contributed by atoms with Crippen LogP contribution in [-0.2, 0) is 4.79 Å². The Morgan fingerprint density at radius 1 is 1.20 bits per heavy atom. The van der Waals surface area contributed by atoms with Gasteiger partial charge in [0.1, 0.15) is 0 Å².